The Morgan fingerprint density at radius 1 is 1.30 bits per heavy atom. The maximum Gasteiger partial charge on any atom is 0.318 e. The van der Waals surface area contributed by atoms with Crippen LogP contribution in [0.2, 0.25) is 0 Å². The number of carbonyl (C=O) groups is 1. The third kappa shape index (κ3) is 3.02. The Labute approximate surface area is 116 Å². The lowest BCUT2D eigenvalue weighted by molar-refractivity contribution is -0.137. The van der Waals surface area contributed by atoms with E-state index in [0.29, 0.717) is 24.7 Å². The molecule has 1 aliphatic heterocycles. The lowest BCUT2D eigenvalue weighted by Gasteiger charge is -2.16. The summed E-state index contributed by atoms with van der Waals surface area (Å²) < 4.78 is 36.0. The fourth-order valence-corrected chi connectivity index (χ4v) is 2.90. The number of sulfonamides is 1. The molecule has 1 N–H and O–H groups in total. The Hall–Kier alpha value is -1.80. The van der Waals surface area contributed by atoms with Gasteiger partial charge in [0.2, 0.25) is 10.0 Å². The van der Waals surface area contributed by atoms with E-state index in [1.54, 1.807) is 0 Å². The molecule has 8 heteroatoms. The van der Waals surface area contributed by atoms with Crippen molar-refractivity contribution in [1.82, 2.24) is 4.31 Å². The number of carboxylic acids is 1. The second kappa shape index (κ2) is 5.68. The molecule has 7 nitrogen and oxygen atoms in total. The summed E-state index contributed by atoms with van der Waals surface area (Å²) in [7, 11) is -2.65. The van der Waals surface area contributed by atoms with Crippen LogP contribution in [0.15, 0.2) is 23.1 Å². The van der Waals surface area contributed by atoms with Crippen molar-refractivity contribution in [3.63, 3.8) is 0 Å². The first-order valence-electron chi connectivity index (χ1n) is 5.99. The summed E-state index contributed by atoms with van der Waals surface area (Å²) in [5, 5.41) is 8.67. The topological polar surface area (TPSA) is 93.1 Å². The van der Waals surface area contributed by atoms with E-state index in [2.05, 4.69) is 0 Å². The fourth-order valence-electron chi connectivity index (χ4n) is 1.76. The zero-order chi connectivity index (χ0) is 14.8. The first-order chi connectivity index (χ1) is 9.41. The number of nitrogens with zero attached hydrogens (tertiary/aromatic N) is 1. The van der Waals surface area contributed by atoms with Crippen molar-refractivity contribution in [2.75, 3.05) is 26.8 Å². The van der Waals surface area contributed by atoms with E-state index in [4.69, 9.17) is 14.6 Å². The predicted molar refractivity (Wildman–Crippen MR) is 69.5 cm³/mol. The maximum absolute atomic E-state index is 12.2. The molecule has 1 aromatic rings. The summed E-state index contributed by atoms with van der Waals surface area (Å²) >= 11 is 0. The molecular weight excluding hydrogens is 286 g/mol. The average molecular weight is 301 g/mol. The van der Waals surface area contributed by atoms with Crippen LogP contribution in [0.5, 0.6) is 11.5 Å². The third-order valence-corrected chi connectivity index (χ3v) is 4.58. The van der Waals surface area contributed by atoms with Gasteiger partial charge in [-0.25, -0.2) is 8.42 Å². The van der Waals surface area contributed by atoms with E-state index in [-0.39, 0.29) is 4.90 Å². The molecular formula is C12H15NO6S. The molecule has 0 radical (unpaired) electrons. The monoisotopic (exact) mass is 301 g/mol. The van der Waals surface area contributed by atoms with Gasteiger partial charge in [-0.1, -0.05) is 0 Å². The van der Waals surface area contributed by atoms with Gasteiger partial charge in [0, 0.05) is 19.5 Å². The average Bonchev–Trinajstić information content (AvgIpc) is 2.61. The molecule has 0 fully saturated rings. The summed E-state index contributed by atoms with van der Waals surface area (Å²) in [5.41, 5.74) is 0. The Balaban J connectivity index is 2.33. The van der Waals surface area contributed by atoms with Crippen molar-refractivity contribution in [2.24, 2.45) is 0 Å². The molecule has 1 heterocycles. The van der Waals surface area contributed by atoms with E-state index in [0.717, 1.165) is 10.7 Å². The normalized spacial score (nSPS) is 14.9. The van der Waals surface area contributed by atoms with Crippen molar-refractivity contribution in [3.8, 4) is 11.5 Å². The largest absolute Gasteiger partial charge is 0.490 e. The predicted octanol–water partition coefficient (Wildman–Crippen LogP) is 0.553. The summed E-state index contributed by atoms with van der Waals surface area (Å²) in [6.45, 7) is 0.357. The Bertz CT molecular complexity index is 612. The minimum atomic E-state index is -3.86. The highest BCUT2D eigenvalue weighted by Gasteiger charge is 2.24. The van der Waals surface area contributed by atoms with Gasteiger partial charge in [0.15, 0.2) is 11.5 Å². The van der Waals surface area contributed by atoms with Gasteiger partial charge < -0.3 is 14.6 Å². The van der Waals surface area contributed by atoms with Crippen LogP contribution in [0, 0.1) is 0 Å². The second-order valence-corrected chi connectivity index (χ2v) is 6.36. The van der Waals surface area contributed by atoms with Crippen molar-refractivity contribution in [2.45, 2.75) is 11.3 Å². The quantitative estimate of drug-likeness (QED) is 0.873. The summed E-state index contributed by atoms with van der Waals surface area (Å²) in [5.74, 6) is -0.375. The number of likely N-dealkylation sites (N-methyl/N-ethyl adjacent to an activating group) is 1. The van der Waals surface area contributed by atoms with E-state index in [9.17, 15) is 13.2 Å². The highest BCUT2D eigenvalue weighted by molar-refractivity contribution is 7.89. The van der Waals surface area contributed by atoms with Gasteiger partial charge >= 0.3 is 5.97 Å². The number of hydrogen-bond donors (Lipinski definition) is 1. The Morgan fingerprint density at radius 2 is 1.95 bits per heavy atom. The molecule has 0 unspecified atom stereocenters. The summed E-state index contributed by atoms with van der Waals surface area (Å²) in [6, 6.07) is 4.25. The minimum Gasteiger partial charge on any atom is -0.490 e. The molecule has 110 valence electrons. The van der Waals surface area contributed by atoms with E-state index < -0.39 is 22.5 Å². The number of hydrogen-bond acceptors (Lipinski definition) is 5. The van der Waals surface area contributed by atoms with Crippen LogP contribution in [-0.4, -0.2) is 50.6 Å². The molecule has 0 atom stereocenters. The molecule has 1 aromatic carbocycles. The number of rotatable bonds is 4. The van der Waals surface area contributed by atoms with Crippen LogP contribution < -0.4 is 9.47 Å². The van der Waals surface area contributed by atoms with Crippen molar-refractivity contribution < 1.29 is 27.8 Å². The standard InChI is InChI=1S/C12H15NO6S/c1-13(8-12(14)15)20(16,17)9-3-4-10-11(7-9)19-6-2-5-18-10/h3-4,7H,2,5-6,8H2,1H3,(H,14,15). The highest BCUT2D eigenvalue weighted by Crippen LogP contribution is 2.32. The van der Waals surface area contributed by atoms with Gasteiger partial charge in [0.25, 0.3) is 0 Å². The molecule has 0 aliphatic carbocycles. The van der Waals surface area contributed by atoms with Crippen LogP contribution in [0.3, 0.4) is 0 Å². The SMILES string of the molecule is CN(CC(=O)O)S(=O)(=O)c1ccc2c(c1)OCCCO2. The molecule has 0 amide bonds. The van der Waals surface area contributed by atoms with Gasteiger partial charge in [-0.2, -0.15) is 4.31 Å². The van der Waals surface area contributed by atoms with Gasteiger partial charge in [-0.3, -0.25) is 4.79 Å². The van der Waals surface area contributed by atoms with Crippen molar-refractivity contribution >= 4 is 16.0 Å². The number of ether oxygens (including phenoxy) is 2. The second-order valence-electron chi connectivity index (χ2n) is 4.31. The van der Waals surface area contributed by atoms with Gasteiger partial charge in [-0.15, -0.1) is 0 Å². The third-order valence-electron chi connectivity index (χ3n) is 2.79. The lowest BCUT2D eigenvalue weighted by atomic mass is 10.3. The molecule has 0 saturated carbocycles. The van der Waals surface area contributed by atoms with Crippen molar-refractivity contribution in [3.05, 3.63) is 18.2 Å². The smallest absolute Gasteiger partial charge is 0.318 e. The minimum absolute atomic E-state index is 0.0227. The van der Waals surface area contributed by atoms with E-state index in [1.165, 1.54) is 25.2 Å². The maximum atomic E-state index is 12.2. The summed E-state index contributed by atoms with van der Waals surface area (Å²) in [4.78, 5) is 10.6. The van der Waals surface area contributed by atoms with Crippen LogP contribution in [0.25, 0.3) is 0 Å². The first-order valence-corrected chi connectivity index (χ1v) is 7.43. The molecule has 0 saturated heterocycles. The van der Waals surface area contributed by atoms with Crippen LogP contribution in [-0.2, 0) is 14.8 Å². The Kier molecular flexibility index (Phi) is 4.15. The lowest BCUT2D eigenvalue weighted by Crippen LogP contribution is -2.32. The van der Waals surface area contributed by atoms with Crippen LogP contribution in [0.4, 0.5) is 0 Å². The number of aliphatic carboxylic acids is 1. The molecule has 20 heavy (non-hydrogen) atoms. The number of carboxylic acid groups (broad SMARTS) is 1. The molecule has 0 aromatic heterocycles. The molecule has 0 spiro atoms. The van der Waals surface area contributed by atoms with Crippen LogP contribution in [0.1, 0.15) is 6.42 Å². The van der Waals surface area contributed by atoms with Crippen molar-refractivity contribution in [1.29, 1.82) is 0 Å². The van der Waals surface area contributed by atoms with Gasteiger partial charge in [0.05, 0.1) is 18.1 Å². The van der Waals surface area contributed by atoms with E-state index in [1.807, 2.05) is 0 Å². The fraction of sp³-hybridized carbons (Fsp3) is 0.417. The molecule has 0 bridgehead atoms. The number of fused-ring (bicyclic) bond motifs is 1. The van der Waals surface area contributed by atoms with Crippen LogP contribution >= 0.6 is 0 Å². The zero-order valence-corrected chi connectivity index (χ0v) is 11.7. The first kappa shape index (κ1) is 14.6. The number of benzene rings is 1. The summed E-state index contributed by atoms with van der Waals surface area (Å²) in [6.07, 6.45) is 0.718. The molecule has 1 aliphatic rings. The van der Waals surface area contributed by atoms with E-state index >= 15 is 0 Å². The Morgan fingerprint density at radius 3 is 2.60 bits per heavy atom. The highest BCUT2D eigenvalue weighted by atomic mass is 32.2. The van der Waals surface area contributed by atoms with Gasteiger partial charge in [-0.05, 0) is 12.1 Å². The zero-order valence-electron chi connectivity index (χ0n) is 10.9. The van der Waals surface area contributed by atoms with Gasteiger partial charge in [0.1, 0.15) is 6.54 Å². The molecule has 2 rings (SSSR count).